The Morgan fingerprint density at radius 1 is 1.53 bits per heavy atom. The first-order chi connectivity index (χ1) is 7.20. The number of pyridine rings is 1. The molecule has 0 saturated heterocycles. The third-order valence-electron chi connectivity index (χ3n) is 2.72. The third kappa shape index (κ3) is 2.91. The fourth-order valence-corrected chi connectivity index (χ4v) is 1.88. The fourth-order valence-electron chi connectivity index (χ4n) is 1.88. The van der Waals surface area contributed by atoms with Crippen molar-refractivity contribution >= 4 is 5.69 Å². The second kappa shape index (κ2) is 5.68. The molecule has 15 heavy (non-hydrogen) atoms. The molecular weight excluding hydrogens is 188 g/mol. The minimum atomic E-state index is 0.247. The minimum Gasteiger partial charge on any atom is -0.397 e. The van der Waals surface area contributed by atoms with E-state index in [0.29, 0.717) is 12.5 Å². The first kappa shape index (κ1) is 11.9. The Kier molecular flexibility index (Phi) is 4.52. The standard InChI is InChI=1S/C11H20N4/c1-8(3-5-12)11(14-2)9-4-6-15-7-10(9)13/h4,6-8,11,14H,3,5,12-13H2,1-2H3. The summed E-state index contributed by atoms with van der Waals surface area (Å²) in [6, 6.07) is 2.21. The van der Waals surface area contributed by atoms with Crippen LogP contribution in [0.2, 0.25) is 0 Å². The van der Waals surface area contributed by atoms with Gasteiger partial charge in [-0.3, -0.25) is 4.98 Å². The molecule has 4 heteroatoms. The summed E-state index contributed by atoms with van der Waals surface area (Å²) in [5.41, 5.74) is 13.3. The fraction of sp³-hybridized carbons (Fsp3) is 0.545. The predicted molar refractivity (Wildman–Crippen MR) is 63.3 cm³/mol. The van der Waals surface area contributed by atoms with E-state index in [9.17, 15) is 0 Å². The number of hydrogen-bond donors (Lipinski definition) is 3. The molecule has 0 aliphatic heterocycles. The Bertz CT molecular complexity index is 300. The van der Waals surface area contributed by atoms with E-state index in [1.807, 2.05) is 13.1 Å². The molecule has 0 spiro atoms. The molecule has 0 radical (unpaired) electrons. The summed E-state index contributed by atoms with van der Waals surface area (Å²) in [5, 5.41) is 3.28. The van der Waals surface area contributed by atoms with Crippen LogP contribution in [0.1, 0.15) is 24.9 Å². The zero-order chi connectivity index (χ0) is 11.3. The van der Waals surface area contributed by atoms with Crippen LogP contribution in [0.3, 0.4) is 0 Å². The molecule has 2 unspecified atom stereocenters. The Morgan fingerprint density at radius 3 is 2.80 bits per heavy atom. The van der Waals surface area contributed by atoms with Gasteiger partial charge in [-0.1, -0.05) is 6.92 Å². The van der Waals surface area contributed by atoms with Gasteiger partial charge < -0.3 is 16.8 Å². The first-order valence-corrected chi connectivity index (χ1v) is 5.27. The molecule has 1 rings (SSSR count). The number of nitrogens with zero attached hydrogens (tertiary/aromatic N) is 1. The van der Waals surface area contributed by atoms with E-state index in [2.05, 4.69) is 17.2 Å². The summed E-state index contributed by atoms with van der Waals surface area (Å²) in [6.07, 6.45) is 4.44. The van der Waals surface area contributed by atoms with Gasteiger partial charge in [0.25, 0.3) is 0 Å². The molecule has 5 N–H and O–H groups in total. The molecule has 0 saturated carbocycles. The highest BCUT2D eigenvalue weighted by Gasteiger charge is 2.18. The van der Waals surface area contributed by atoms with Crippen molar-refractivity contribution in [2.24, 2.45) is 11.7 Å². The van der Waals surface area contributed by atoms with Crippen molar-refractivity contribution in [2.75, 3.05) is 19.3 Å². The van der Waals surface area contributed by atoms with Crippen LogP contribution in [-0.4, -0.2) is 18.6 Å². The van der Waals surface area contributed by atoms with Crippen LogP contribution in [0.15, 0.2) is 18.5 Å². The van der Waals surface area contributed by atoms with Crippen molar-refractivity contribution in [1.29, 1.82) is 0 Å². The largest absolute Gasteiger partial charge is 0.397 e. The lowest BCUT2D eigenvalue weighted by molar-refractivity contribution is 0.392. The highest BCUT2D eigenvalue weighted by molar-refractivity contribution is 5.45. The molecule has 0 aromatic carbocycles. The van der Waals surface area contributed by atoms with Gasteiger partial charge in [0.15, 0.2) is 0 Å². The van der Waals surface area contributed by atoms with Gasteiger partial charge in [-0.2, -0.15) is 0 Å². The molecule has 0 amide bonds. The molecule has 1 aromatic heterocycles. The molecule has 84 valence electrons. The number of aromatic nitrogens is 1. The summed E-state index contributed by atoms with van der Waals surface area (Å²) in [5.74, 6) is 0.463. The quantitative estimate of drug-likeness (QED) is 0.672. The van der Waals surface area contributed by atoms with E-state index in [4.69, 9.17) is 11.5 Å². The van der Waals surface area contributed by atoms with Crippen LogP contribution in [0.25, 0.3) is 0 Å². The van der Waals surface area contributed by atoms with Gasteiger partial charge in [0.2, 0.25) is 0 Å². The van der Waals surface area contributed by atoms with Gasteiger partial charge in [0.05, 0.1) is 11.9 Å². The van der Waals surface area contributed by atoms with Gasteiger partial charge in [-0.15, -0.1) is 0 Å². The molecule has 2 atom stereocenters. The lowest BCUT2D eigenvalue weighted by Crippen LogP contribution is -2.26. The van der Waals surface area contributed by atoms with Crippen molar-refractivity contribution in [3.8, 4) is 0 Å². The third-order valence-corrected chi connectivity index (χ3v) is 2.72. The number of nitrogens with two attached hydrogens (primary N) is 2. The van der Waals surface area contributed by atoms with Crippen LogP contribution in [-0.2, 0) is 0 Å². The van der Waals surface area contributed by atoms with Crippen LogP contribution in [0.4, 0.5) is 5.69 Å². The lowest BCUT2D eigenvalue weighted by Gasteiger charge is -2.24. The van der Waals surface area contributed by atoms with Gasteiger partial charge in [0.1, 0.15) is 0 Å². The topological polar surface area (TPSA) is 77.0 Å². The maximum atomic E-state index is 5.90. The summed E-state index contributed by atoms with van der Waals surface area (Å²) in [4.78, 5) is 3.99. The minimum absolute atomic E-state index is 0.247. The van der Waals surface area contributed by atoms with Gasteiger partial charge in [-0.05, 0) is 37.6 Å². The van der Waals surface area contributed by atoms with Crippen LogP contribution in [0.5, 0.6) is 0 Å². The smallest absolute Gasteiger partial charge is 0.0549 e. The summed E-state index contributed by atoms with van der Waals surface area (Å²) >= 11 is 0. The maximum absolute atomic E-state index is 5.90. The molecule has 0 bridgehead atoms. The normalized spacial score (nSPS) is 14.9. The molecule has 4 nitrogen and oxygen atoms in total. The highest BCUT2D eigenvalue weighted by atomic mass is 14.9. The number of hydrogen-bond acceptors (Lipinski definition) is 4. The van der Waals surface area contributed by atoms with Gasteiger partial charge in [-0.25, -0.2) is 0 Å². The van der Waals surface area contributed by atoms with Crippen molar-refractivity contribution < 1.29 is 0 Å². The van der Waals surface area contributed by atoms with Crippen LogP contribution < -0.4 is 16.8 Å². The summed E-state index contributed by atoms with van der Waals surface area (Å²) in [7, 11) is 1.94. The Balaban J connectivity index is 2.87. The van der Waals surface area contributed by atoms with Crippen molar-refractivity contribution in [1.82, 2.24) is 10.3 Å². The summed E-state index contributed by atoms with van der Waals surface area (Å²) in [6.45, 7) is 2.87. The predicted octanol–water partition coefficient (Wildman–Crippen LogP) is 0.909. The van der Waals surface area contributed by atoms with E-state index < -0.39 is 0 Å². The molecule has 1 aromatic rings. The Hall–Kier alpha value is -1.13. The number of nitrogens with one attached hydrogen (secondary N) is 1. The Labute approximate surface area is 91.1 Å². The van der Waals surface area contributed by atoms with Crippen molar-refractivity contribution in [2.45, 2.75) is 19.4 Å². The number of rotatable bonds is 5. The van der Waals surface area contributed by atoms with E-state index in [1.165, 1.54) is 0 Å². The molecule has 1 heterocycles. The van der Waals surface area contributed by atoms with E-state index >= 15 is 0 Å². The van der Waals surface area contributed by atoms with Crippen molar-refractivity contribution in [3.05, 3.63) is 24.0 Å². The second-order valence-electron chi connectivity index (χ2n) is 3.83. The molecule has 0 fully saturated rings. The molecule has 0 aliphatic carbocycles. The van der Waals surface area contributed by atoms with Crippen LogP contribution >= 0.6 is 0 Å². The monoisotopic (exact) mass is 208 g/mol. The zero-order valence-electron chi connectivity index (χ0n) is 9.40. The van der Waals surface area contributed by atoms with Crippen molar-refractivity contribution in [3.63, 3.8) is 0 Å². The maximum Gasteiger partial charge on any atom is 0.0549 e. The second-order valence-corrected chi connectivity index (χ2v) is 3.83. The van der Waals surface area contributed by atoms with E-state index in [0.717, 1.165) is 17.7 Å². The van der Waals surface area contributed by atoms with Gasteiger partial charge in [0, 0.05) is 12.2 Å². The SMILES string of the molecule is CNC(c1ccncc1N)C(C)CCN. The van der Waals surface area contributed by atoms with Crippen LogP contribution in [0, 0.1) is 5.92 Å². The zero-order valence-corrected chi connectivity index (χ0v) is 9.40. The average Bonchev–Trinajstić information content (AvgIpc) is 2.22. The average molecular weight is 208 g/mol. The van der Waals surface area contributed by atoms with E-state index in [-0.39, 0.29) is 6.04 Å². The summed E-state index contributed by atoms with van der Waals surface area (Å²) < 4.78 is 0. The first-order valence-electron chi connectivity index (χ1n) is 5.27. The number of nitrogen functional groups attached to an aromatic ring is 1. The van der Waals surface area contributed by atoms with Gasteiger partial charge >= 0.3 is 0 Å². The highest BCUT2D eigenvalue weighted by Crippen LogP contribution is 2.27. The molecule has 0 aliphatic rings. The molecular formula is C11H20N4. The lowest BCUT2D eigenvalue weighted by atomic mass is 9.92. The number of anilines is 1. The van der Waals surface area contributed by atoms with E-state index in [1.54, 1.807) is 12.4 Å². The Morgan fingerprint density at radius 2 is 2.27 bits per heavy atom.